The summed E-state index contributed by atoms with van der Waals surface area (Å²) in [4.78, 5) is 3.37. The number of hydrogen-bond donors (Lipinski definition) is 1. The van der Waals surface area contributed by atoms with Gasteiger partial charge in [0.15, 0.2) is 0 Å². The summed E-state index contributed by atoms with van der Waals surface area (Å²) in [6.45, 7) is 1.50. The summed E-state index contributed by atoms with van der Waals surface area (Å²) in [5.41, 5.74) is 0.238. The zero-order chi connectivity index (χ0) is 7.56. The van der Waals surface area contributed by atoms with E-state index < -0.39 is 12.1 Å². The Morgan fingerprint density at radius 3 is 2.80 bits per heavy atom. The number of pyridine rings is 1. The molecule has 0 aliphatic carbocycles. The smallest absolute Gasteiger partial charge is 0.218 e. The number of aliphatic hydroxyl groups is 1. The van der Waals surface area contributed by atoms with E-state index in [-0.39, 0.29) is 5.56 Å². The van der Waals surface area contributed by atoms with E-state index in [1.165, 1.54) is 19.2 Å². The first kappa shape index (κ1) is 7.15. The molecule has 54 valence electrons. The third-order valence-corrected chi connectivity index (χ3v) is 1.24. The minimum atomic E-state index is -0.784. The van der Waals surface area contributed by atoms with E-state index >= 15 is 0 Å². The largest absolute Gasteiger partial charge is 0.389 e. The lowest BCUT2D eigenvalue weighted by Crippen LogP contribution is -1.96. The fourth-order valence-electron chi connectivity index (χ4n) is 0.710. The minimum Gasteiger partial charge on any atom is -0.389 e. The highest BCUT2D eigenvalue weighted by molar-refractivity contribution is 5.12. The summed E-state index contributed by atoms with van der Waals surface area (Å²) < 4.78 is 12.6. The van der Waals surface area contributed by atoms with E-state index in [0.29, 0.717) is 0 Å². The van der Waals surface area contributed by atoms with Crippen LogP contribution in [0.15, 0.2) is 18.3 Å². The second-order valence-corrected chi connectivity index (χ2v) is 2.06. The molecule has 1 aromatic heterocycles. The first-order valence-corrected chi connectivity index (χ1v) is 3.00. The lowest BCUT2D eigenvalue weighted by molar-refractivity contribution is 0.193. The van der Waals surface area contributed by atoms with Gasteiger partial charge < -0.3 is 5.11 Å². The molecule has 3 heteroatoms. The first-order valence-electron chi connectivity index (χ1n) is 3.00. The summed E-state index contributed by atoms with van der Waals surface area (Å²) in [7, 11) is 0. The van der Waals surface area contributed by atoms with Crippen LogP contribution in [0.4, 0.5) is 4.39 Å². The predicted octanol–water partition coefficient (Wildman–Crippen LogP) is 1.27. The summed E-state index contributed by atoms with van der Waals surface area (Å²) in [6, 6.07) is 3.10. The Balaban J connectivity index is 3.03. The predicted molar refractivity (Wildman–Crippen MR) is 34.8 cm³/mol. The SMILES string of the molecule is C[C@@H](O)c1cccnc1F. The van der Waals surface area contributed by atoms with Crippen LogP contribution in [-0.2, 0) is 0 Å². The number of rotatable bonds is 1. The maximum absolute atomic E-state index is 12.6. The van der Waals surface area contributed by atoms with Crippen molar-refractivity contribution in [3.8, 4) is 0 Å². The van der Waals surface area contributed by atoms with Crippen molar-refractivity contribution >= 4 is 0 Å². The van der Waals surface area contributed by atoms with Crippen molar-refractivity contribution in [1.29, 1.82) is 0 Å². The highest BCUT2D eigenvalue weighted by atomic mass is 19.1. The average Bonchev–Trinajstić information content (AvgIpc) is 1.88. The van der Waals surface area contributed by atoms with Gasteiger partial charge in [0.25, 0.3) is 0 Å². The molecular weight excluding hydrogens is 133 g/mol. The second-order valence-electron chi connectivity index (χ2n) is 2.06. The van der Waals surface area contributed by atoms with Crippen molar-refractivity contribution in [2.45, 2.75) is 13.0 Å². The van der Waals surface area contributed by atoms with Crippen LogP contribution in [0.3, 0.4) is 0 Å². The number of aliphatic hydroxyl groups excluding tert-OH is 1. The van der Waals surface area contributed by atoms with Gasteiger partial charge in [-0.2, -0.15) is 4.39 Å². The Hall–Kier alpha value is -0.960. The quantitative estimate of drug-likeness (QED) is 0.597. The van der Waals surface area contributed by atoms with Gasteiger partial charge in [-0.25, -0.2) is 4.98 Å². The molecule has 0 radical (unpaired) electrons. The third-order valence-electron chi connectivity index (χ3n) is 1.24. The lowest BCUT2D eigenvalue weighted by Gasteiger charge is -2.02. The van der Waals surface area contributed by atoms with Crippen LogP contribution < -0.4 is 0 Å². The Bertz CT molecular complexity index is 225. The third kappa shape index (κ3) is 1.30. The van der Waals surface area contributed by atoms with Gasteiger partial charge in [0, 0.05) is 11.8 Å². The summed E-state index contributed by atoms with van der Waals surface area (Å²) in [5.74, 6) is -0.600. The summed E-state index contributed by atoms with van der Waals surface area (Å²) >= 11 is 0. The van der Waals surface area contributed by atoms with Crippen molar-refractivity contribution < 1.29 is 9.50 Å². The molecule has 0 saturated carbocycles. The highest BCUT2D eigenvalue weighted by Gasteiger charge is 2.06. The Labute approximate surface area is 58.3 Å². The van der Waals surface area contributed by atoms with Gasteiger partial charge in [-0.15, -0.1) is 0 Å². The molecule has 0 aliphatic heterocycles. The van der Waals surface area contributed by atoms with E-state index in [9.17, 15) is 4.39 Å². The van der Waals surface area contributed by atoms with E-state index in [1.54, 1.807) is 6.07 Å². The summed E-state index contributed by atoms with van der Waals surface area (Å²) in [6.07, 6.45) is 0.565. The molecule has 10 heavy (non-hydrogen) atoms. The molecule has 0 saturated heterocycles. The molecule has 0 aliphatic rings. The fourth-order valence-corrected chi connectivity index (χ4v) is 0.710. The van der Waals surface area contributed by atoms with Gasteiger partial charge in [-0.05, 0) is 13.0 Å². The normalized spacial score (nSPS) is 13.1. The highest BCUT2D eigenvalue weighted by Crippen LogP contribution is 2.12. The molecule has 0 fully saturated rings. The van der Waals surface area contributed by atoms with Crippen LogP contribution in [0.2, 0.25) is 0 Å². The average molecular weight is 141 g/mol. The zero-order valence-electron chi connectivity index (χ0n) is 5.58. The molecule has 0 unspecified atom stereocenters. The first-order chi connectivity index (χ1) is 4.72. The van der Waals surface area contributed by atoms with Crippen molar-refractivity contribution in [2.75, 3.05) is 0 Å². The number of nitrogens with zero attached hydrogens (tertiary/aromatic N) is 1. The van der Waals surface area contributed by atoms with Crippen LogP contribution in [-0.4, -0.2) is 10.1 Å². The van der Waals surface area contributed by atoms with E-state index in [4.69, 9.17) is 5.11 Å². The van der Waals surface area contributed by atoms with Crippen LogP contribution in [0.1, 0.15) is 18.6 Å². The monoisotopic (exact) mass is 141 g/mol. The Morgan fingerprint density at radius 2 is 2.40 bits per heavy atom. The standard InChI is InChI=1S/C7H8FNO/c1-5(10)6-3-2-4-9-7(6)8/h2-5,10H,1H3/t5-/m1/s1. The number of aromatic nitrogens is 1. The van der Waals surface area contributed by atoms with Crippen molar-refractivity contribution in [2.24, 2.45) is 0 Å². The van der Waals surface area contributed by atoms with E-state index in [1.807, 2.05) is 0 Å². The molecule has 0 bridgehead atoms. The molecule has 1 N–H and O–H groups in total. The molecule has 1 heterocycles. The number of hydrogen-bond acceptors (Lipinski definition) is 2. The molecule has 2 nitrogen and oxygen atoms in total. The molecular formula is C7H8FNO. The zero-order valence-corrected chi connectivity index (χ0v) is 5.58. The van der Waals surface area contributed by atoms with Gasteiger partial charge in [-0.1, -0.05) is 6.07 Å². The maximum atomic E-state index is 12.6. The van der Waals surface area contributed by atoms with Crippen LogP contribution in [0.5, 0.6) is 0 Å². The van der Waals surface area contributed by atoms with Gasteiger partial charge in [-0.3, -0.25) is 0 Å². The molecule has 1 rings (SSSR count). The minimum absolute atomic E-state index is 0.238. The van der Waals surface area contributed by atoms with Gasteiger partial charge in [0.1, 0.15) is 0 Å². The lowest BCUT2D eigenvalue weighted by atomic mass is 10.2. The van der Waals surface area contributed by atoms with Gasteiger partial charge in [0.2, 0.25) is 5.95 Å². The molecule has 1 atom stereocenters. The molecule has 0 amide bonds. The van der Waals surface area contributed by atoms with Gasteiger partial charge >= 0.3 is 0 Å². The van der Waals surface area contributed by atoms with Crippen molar-refractivity contribution in [3.63, 3.8) is 0 Å². The maximum Gasteiger partial charge on any atom is 0.218 e. The summed E-state index contributed by atoms with van der Waals surface area (Å²) in [5, 5.41) is 8.92. The van der Waals surface area contributed by atoms with Crippen LogP contribution >= 0.6 is 0 Å². The second kappa shape index (κ2) is 2.75. The Kier molecular flexibility index (Phi) is 1.97. The molecule has 0 spiro atoms. The van der Waals surface area contributed by atoms with Gasteiger partial charge in [0.05, 0.1) is 6.10 Å². The van der Waals surface area contributed by atoms with Crippen molar-refractivity contribution in [1.82, 2.24) is 4.98 Å². The Morgan fingerprint density at radius 1 is 1.70 bits per heavy atom. The van der Waals surface area contributed by atoms with Crippen LogP contribution in [0, 0.1) is 5.95 Å². The fraction of sp³-hybridized carbons (Fsp3) is 0.286. The van der Waals surface area contributed by atoms with Crippen LogP contribution in [0.25, 0.3) is 0 Å². The van der Waals surface area contributed by atoms with E-state index in [2.05, 4.69) is 4.98 Å². The van der Waals surface area contributed by atoms with Crippen molar-refractivity contribution in [3.05, 3.63) is 29.8 Å². The topological polar surface area (TPSA) is 33.1 Å². The van der Waals surface area contributed by atoms with E-state index in [0.717, 1.165) is 0 Å². The molecule has 0 aromatic carbocycles. The molecule has 1 aromatic rings. The number of halogens is 1.